The number of fused-ring (bicyclic) bond motifs is 2. The molecule has 1 N–H and O–H groups in total. The van der Waals surface area contributed by atoms with E-state index in [9.17, 15) is 4.79 Å². The second kappa shape index (κ2) is 7.82. The lowest BCUT2D eigenvalue weighted by atomic mass is 10.2. The number of pyridine rings is 1. The predicted molar refractivity (Wildman–Crippen MR) is 110 cm³/mol. The molecule has 0 spiro atoms. The highest BCUT2D eigenvalue weighted by Crippen LogP contribution is 2.21. The summed E-state index contributed by atoms with van der Waals surface area (Å²) in [5.41, 5.74) is 3.43. The largest absolute Gasteiger partial charge is 0.379 e. The Morgan fingerprint density at radius 1 is 1.14 bits per heavy atom. The molecule has 1 aliphatic heterocycles. The fraction of sp³-hybridized carbons (Fsp3) is 0.316. The summed E-state index contributed by atoms with van der Waals surface area (Å²) in [6, 6.07) is 9.59. The van der Waals surface area contributed by atoms with Crippen molar-refractivity contribution in [1.29, 1.82) is 0 Å². The normalized spacial score (nSPS) is 15.2. The van der Waals surface area contributed by atoms with E-state index >= 15 is 0 Å². The van der Waals surface area contributed by atoms with Crippen LogP contribution >= 0.6 is 11.7 Å². The van der Waals surface area contributed by atoms with Gasteiger partial charge in [0.1, 0.15) is 5.52 Å². The van der Waals surface area contributed by atoms with Gasteiger partial charge in [0.2, 0.25) is 5.95 Å². The van der Waals surface area contributed by atoms with Crippen molar-refractivity contribution in [3.05, 3.63) is 42.1 Å². The zero-order chi connectivity index (χ0) is 19.6. The van der Waals surface area contributed by atoms with Crippen LogP contribution in [0.25, 0.3) is 22.2 Å². The van der Waals surface area contributed by atoms with Crippen molar-refractivity contribution in [2.75, 3.05) is 38.2 Å². The number of carbonyl (C=O) groups excluding carboxylic acids is 1. The quantitative estimate of drug-likeness (QED) is 0.538. The van der Waals surface area contributed by atoms with Crippen LogP contribution in [0, 0.1) is 0 Å². The van der Waals surface area contributed by atoms with Gasteiger partial charge < -0.3 is 9.30 Å². The molecule has 1 amide bonds. The topological polar surface area (TPSA) is 98.1 Å². The van der Waals surface area contributed by atoms with Crippen LogP contribution in [0.15, 0.2) is 36.5 Å². The molecule has 0 unspecified atom stereocenters. The molecule has 0 aliphatic carbocycles. The SMILES string of the molecule is O=C(Nc1nc2ccccc2n1CCN1CCOCC1)c1cnc2nsnc2c1. The Morgan fingerprint density at radius 3 is 2.90 bits per heavy atom. The van der Waals surface area contributed by atoms with Gasteiger partial charge in [-0.3, -0.25) is 15.0 Å². The molecule has 5 rings (SSSR count). The van der Waals surface area contributed by atoms with Gasteiger partial charge in [-0.2, -0.15) is 8.75 Å². The van der Waals surface area contributed by atoms with Crippen LogP contribution in [0.3, 0.4) is 0 Å². The molecule has 4 aromatic rings. The van der Waals surface area contributed by atoms with Gasteiger partial charge in [0.15, 0.2) is 5.65 Å². The van der Waals surface area contributed by atoms with Gasteiger partial charge in [-0.1, -0.05) is 12.1 Å². The molecule has 0 radical (unpaired) electrons. The molecule has 4 heterocycles. The average Bonchev–Trinajstić information content (AvgIpc) is 3.36. The Morgan fingerprint density at radius 2 is 2.00 bits per heavy atom. The predicted octanol–water partition coefficient (Wildman–Crippen LogP) is 2.02. The lowest BCUT2D eigenvalue weighted by molar-refractivity contribution is 0.0366. The van der Waals surface area contributed by atoms with E-state index in [0.29, 0.717) is 22.7 Å². The summed E-state index contributed by atoms with van der Waals surface area (Å²) in [4.78, 5) is 24.0. The standard InChI is InChI=1S/C19H19N7O2S/c27-18(13-11-15-17(20-12-13)24-29-23-15)22-19-21-14-3-1-2-4-16(14)26(19)6-5-25-7-9-28-10-8-25/h1-4,11-12H,5-10H2,(H,21,22,27). The lowest BCUT2D eigenvalue weighted by Crippen LogP contribution is -2.38. The zero-order valence-corrected chi connectivity index (χ0v) is 16.4. The van der Waals surface area contributed by atoms with E-state index in [1.165, 1.54) is 6.20 Å². The number of amides is 1. The number of imidazole rings is 1. The number of rotatable bonds is 5. The van der Waals surface area contributed by atoms with Crippen LogP contribution in [0.1, 0.15) is 10.4 Å². The maximum absolute atomic E-state index is 12.8. The van der Waals surface area contributed by atoms with Gasteiger partial charge in [-0.25, -0.2) is 9.97 Å². The number of aromatic nitrogens is 5. The van der Waals surface area contributed by atoms with E-state index in [-0.39, 0.29) is 5.91 Å². The minimum atomic E-state index is -0.268. The molecule has 1 aromatic carbocycles. The molecule has 0 bridgehead atoms. The molecular formula is C19H19N7O2S. The fourth-order valence-electron chi connectivity index (χ4n) is 3.45. The summed E-state index contributed by atoms with van der Waals surface area (Å²) in [6.45, 7) is 4.95. The second-order valence-electron chi connectivity index (χ2n) is 6.81. The third kappa shape index (κ3) is 3.69. The number of carbonyl (C=O) groups is 1. The molecule has 29 heavy (non-hydrogen) atoms. The molecule has 1 aliphatic rings. The van der Waals surface area contributed by atoms with E-state index in [1.807, 2.05) is 24.3 Å². The highest BCUT2D eigenvalue weighted by molar-refractivity contribution is 7.00. The van der Waals surface area contributed by atoms with Crippen molar-refractivity contribution in [1.82, 2.24) is 28.2 Å². The maximum Gasteiger partial charge on any atom is 0.259 e. The van der Waals surface area contributed by atoms with E-state index < -0.39 is 0 Å². The number of nitrogens with zero attached hydrogens (tertiary/aromatic N) is 6. The van der Waals surface area contributed by atoms with E-state index in [1.54, 1.807) is 6.07 Å². The molecule has 1 saturated heterocycles. The smallest absolute Gasteiger partial charge is 0.259 e. The van der Waals surface area contributed by atoms with Gasteiger partial charge in [-0.15, -0.1) is 0 Å². The number of hydrogen-bond donors (Lipinski definition) is 1. The number of para-hydroxylation sites is 2. The summed E-state index contributed by atoms with van der Waals surface area (Å²) in [6.07, 6.45) is 1.51. The maximum atomic E-state index is 12.8. The van der Waals surface area contributed by atoms with Crippen LogP contribution in [-0.2, 0) is 11.3 Å². The molecular weight excluding hydrogens is 390 g/mol. The molecule has 0 saturated carbocycles. The summed E-state index contributed by atoms with van der Waals surface area (Å²) in [5, 5.41) is 2.95. The molecule has 9 nitrogen and oxygen atoms in total. The van der Waals surface area contributed by atoms with Crippen molar-refractivity contribution in [2.45, 2.75) is 6.54 Å². The van der Waals surface area contributed by atoms with Crippen molar-refractivity contribution >= 4 is 45.8 Å². The van der Waals surface area contributed by atoms with Gasteiger partial charge in [0.05, 0.1) is 41.5 Å². The number of ether oxygens (including phenoxy) is 1. The number of hydrogen-bond acceptors (Lipinski definition) is 8. The first-order valence-electron chi connectivity index (χ1n) is 9.43. The van der Waals surface area contributed by atoms with Crippen molar-refractivity contribution in [3.63, 3.8) is 0 Å². The summed E-state index contributed by atoms with van der Waals surface area (Å²) < 4.78 is 15.7. The van der Waals surface area contributed by atoms with Crippen LogP contribution in [0.2, 0.25) is 0 Å². The third-order valence-electron chi connectivity index (χ3n) is 5.00. The first kappa shape index (κ1) is 18.1. The third-order valence-corrected chi connectivity index (χ3v) is 5.53. The number of anilines is 1. The van der Waals surface area contributed by atoms with Gasteiger partial charge in [0.25, 0.3) is 5.91 Å². The number of morpholine rings is 1. The zero-order valence-electron chi connectivity index (χ0n) is 15.6. The Labute approximate surface area is 170 Å². The van der Waals surface area contributed by atoms with E-state index in [0.717, 1.165) is 62.2 Å². The number of nitrogens with one attached hydrogen (secondary N) is 1. The first-order valence-corrected chi connectivity index (χ1v) is 10.2. The van der Waals surface area contributed by atoms with Crippen LogP contribution in [-0.4, -0.2) is 66.9 Å². The Bertz CT molecular complexity index is 1170. The Kier molecular flexibility index (Phi) is 4.88. The molecule has 1 fully saturated rings. The first-order chi connectivity index (χ1) is 14.3. The number of benzene rings is 1. The molecule has 148 valence electrons. The Balaban J connectivity index is 1.41. The highest BCUT2D eigenvalue weighted by Gasteiger charge is 2.17. The lowest BCUT2D eigenvalue weighted by Gasteiger charge is -2.26. The highest BCUT2D eigenvalue weighted by atomic mass is 32.1. The summed E-state index contributed by atoms with van der Waals surface area (Å²) in [5.74, 6) is 0.260. The minimum Gasteiger partial charge on any atom is -0.379 e. The van der Waals surface area contributed by atoms with Crippen LogP contribution in [0.5, 0.6) is 0 Å². The fourth-order valence-corrected chi connectivity index (χ4v) is 3.93. The summed E-state index contributed by atoms with van der Waals surface area (Å²) >= 11 is 1.08. The van der Waals surface area contributed by atoms with Crippen LogP contribution < -0.4 is 5.32 Å². The minimum absolute atomic E-state index is 0.268. The molecule has 3 aromatic heterocycles. The van der Waals surface area contributed by atoms with E-state index in [2.05, 4.69) is 33.5 Å². The van der Waals surface area contributed by atoms with Crippen molar-refractivity contribution in [3.8, 4) is 0 Å². The molecule has 10 heteroatoms. The average molecular weight is 409 g/mol. The van der Waals surface area contributed by atoms with Gasteiger partial charge >= 0.3 is 0 Å². The second-order valence-corrected chi connectivity index (χ2v) is 7.34. The van der Waals surface area contributed by atoms with Crippen molar-refractivity contribution in [2.24, 2.45) is 0 Å². The van der Waals surface area contributed by atoms with Gasteiger partial charge in [-0.05, 0) is 18.2 Å². The van der Waals surface area contributed by atoms with Crippen LogP contribution in [0.4, 0.5) is 5.95 Å². The Hall–Kier alpha value is -2.95. The van der Waals surface area contributed by atoms with E-state index in [4.69, 9.17) is 4.74 Å². The van der Waals surface area contributed by atoms with Gasteiger partial charge in [0, 0.05) is 32.4 Å². The van der Waals surface area contributed by atoms with Crippen molar-refractivity contribution < 1.29 is 9.53 Å². The molecule has 0 atom stereocenters. The monoisotopic (exact) mass is 409 g/mol. The summed E-state index contributed by atoms with van der Waals surface area (Å²) in [7, 11) is 0.